The SMILES string of the molecule is CCNC(=NCCCC1CCCC1)N1CCC2(CCOC2)C1. The molecule has 0 bridgehead atoms. The number of hydrogen-bond donors (Lipinski definition) is 1. The number of nitrogens with zero attached hydrogens (tertiary/aromatic N) is 2. The molecule has 1 saturated carbocycles. The molecule has 3 fully saturated rings. The van der Waals surface area contributed by atoms with Crippen LogP contribution in [0.25, 0.3) is 0 Å². The van der Waals surface area contributed by atoms with E-state index in [1.165, 1.54) is 51.4 Å². The zero-order chi connectivity index (χ0) is 15.3. The van der Waals surface area contributed by atoms with Crippen molar-refractivity contribution in [3.63, 3.8) is 0 Å². The molecule has 2 heterocycles. The quantitative estimate of drug-likeness (QED) is 0.482. The first-order valence-electron chi connectivity index (χ1n) is 9.42. The van der Waals surface area contributed by atoms with Crippen LogP contribution in [-0.4, -0.2) is 50.3 Å². The summed E-state index contributed by atoms with van der Waals surface area (Å²) >= 11 is 0. The standard InChI is InChI=1S/C18H33N3O/c1-2-19-17(20-11-5-8-16-6-3-4-7-16)21-12-9-18(14-21)10-13-22-15-18/h16H,2-15H2,1H3,(H,19,20). The van der Waals surface area contributed by atoms with E-state index in [0.717, 1.165) is 51.3 Å². The smallest absolute Gasteiger partial charge is 0.193 e. The van der Waals surface area contributed by atoms with Gasteiger partial charge in [-0.25, -0.2) is 0 Å². The summed E-state index contributed by atoms with van der Waals surface area (Å²) in [5.41, 5.74) is 0.417. The predicted molar refractivity (Wildman–Crippen MR) is 91.2 cm³/mol. The normalized spacial score (nSPS) is 29.9. The number of ether oxygens (including phenoxy) is 1. The van der Waals surface area contributed by atoms with Crippen LogP contribution in [0.2, 0.25) is 0 Å². The first-order chi connectivity index (χ1) is 10.8. The Morgan fingerprint density at radius 2 is 2.18 bits per heavy atom. The van der Waals surface area contributed by atoms with Crippen LogP contribution in [0.5, 0.6) is 0 Å². The highest BCUT2D eigenvalue weighted by atomic mass is 16.5. The third-order valence-electron chi connectivity index (χ3n) is 5.76. The molecule has 1 spiro atoms. The van der Waals surface area contributed by atoms with Gasteiger partial charge in [-0.1, -0.05) is 25.7 Å². The van der Waals surface area contributed by atoms with Crippen molar-refractivity contribution in [2.24, 2.45) is 16.3 Å². The van der Waals surface area contributed by atoms with Gasteiger partial charge in [0.2, 0.25) is 0 Å². The second-order valence-electron chi connectivity index (χ2n) is 7.50. The van der Waals surface area contributed by atoms with Gasteiger partial charge in [-0.15, -0.1) is 0 Å². The summed E-state index contributed by atoms with van der Waals surface area (Å²) in [6.07, 6.45) is 10.9. The molecule has 0 aromatic rings. The first-order valence-corrected chi connectivity index (χ1v) is 9.42. The Morgan fingerprint density at radius 1 is 1.32 bits per heavy atom. The Morgan fingerprint density at radius 3 is 2.91 bits per heavy atom. The highest BCUT2D eigenvalue weighted by molar-refractivity contribution is 5.80. The Hall–Kier alpha value is -0.770. The topological polar surface area (TPSA) is 36.9 Å². The number of guanidine groups is 1. The Balaban J connectivity index is 1.47. The van der Waals surface area contributed by atoms with E-state index in [1.54, 1.807) is 0 Å². The number of likely N-dealkylation sites (tertiary alicyclic amines) is 1. The molecule has 22 heavy (non-hydrogen) atoms. The summed E-state index contributed by atoms with van der Waals surface area (Å²) in [7, 11) is 0. The van der Waals surface area contributed by atoms with Gasteiger partial charge in [-0.05, 0) is 38.5 Å². The third kappa shape index (κ3) is 3.95. The fraction of sp³-hybridized carbons (Fsp3) is 0.944. The van der Waals surface area contributed by atoms with Crippen molar-refractivity contribution in [3.8, 4) is 0 Å². The van der Waals surface area contributed by atoms with Crippen LogP contribution >= 0.6 is 0 Å². The molecule has 126 valence electrons. The number of nitrogens with one attached hydrogen (secondary N) is 1. The maximum atomic E-state index is 5.64. The highest BCUT2D eigenvalue weighted by Crippen LogP contribution is 2.38. The molecule has 3 rings (SSSR count). The van der Waals surface area contributed by atoms with Crippen molar-refractivity contribution in [1.29, 1.82) is 0 Å². The molecule has 4 nitrogen and oxygen atoms in total. The van der Waals surface area contributed by atoms with Crippen LogP contribution < -0.4 is 5.32 Å². The van der Waals surface area contributed by atoms with Crippen LogP contribution in [0.1, 0.15) is 58.3 Å². The lowest BCUT2D eigenvalue weighted by atomic mass is 9.87. The molecule has 1 N–H and O–H groups in total. The van der Waals surface area contributed by atoms with Gasteiger partial charge in [0, 0.05) is 38.2 Å². The first kappa shape index (κ1) is 16.1. The van der Waals surface area contributed by atoms with Crippen molar-refractivity contribution in [2.45, 2.75) is 58.3 Å². The lowest BCUT2D eigenvalue weighted by Gasteiger charge is -2.25. The third-order valence-corrected chi connectivity index (χ3v) is 5.76. The van der Waals surface area contributed by atoms with E-state index in [4.69, 9.17) is 9.73 Å². The van der Waals surface area contributed by atoms with Crippen LogP contribution in [-0.2, 0) is 4.74 Å². The van der Waals surface area contributed by atoms with E-state index >= 15 is 0 Å². The minimum atomic E-state index is 0.417. The number of hydrogen-bond acceptors (Lipinski definition) is 2. The maximum Gasteiger partial charge on any atom is 0.193 e. The minimum Gasteiger partial charge on any atom is -0.381 e. The molecule has 0 radical (unpaired) electrons. The zero-order valence-electron chi connectivity index (χ0n) is 14.3. The molecule has 2 saturated heterocycles. The Labute approximate surface area is 135 Å². The van der Waals surface area contributed by atoms with Crippen molar-refractivity contribution in [2.75, 3.05) is 39.4 Å². The second-order valence-corrected chi connectivity index (χ2v) is 7.50. The zero-order valence-corrected chi connectivity index (χ0v) is 14.3. The molecule has 0 aromatic carbocycles. The van der Waals surface area contributed by atoms with Gasteiger partial charge in [-0.3, -0.25) is 4.99 Å². The van der Waals surface area contributed by atoms with Gasteiger partial charge in [0.1, 0.15) is 0 Å². The van der Waals surface area contributed by atoms with E-state index in [2.05, 4.69) is 17.1 Å². The maximum absolute atomic E-state index is 5.64. The van der Waals surface area contributed by atoms with Crippen molar-refractivity contribution in [3.05, 3.63) is 0 Å². The largest absolute Gasteiger partial charge is 0.381 e. The van der Waals surface area contributed by atoms with Crippen LogP contribution in [0.4, 0.5) is 0 Å². The molecule has 4 heteroatoms. The van der Waals surface area contributed by atoms with Gasteiger partial charge in [-0.2, -0.15) is 0 Å². The lowest BCUT2D eigenvalue weighted by molar-refractivity contribution is 0.156. The Bertz CT molecular complexity index is 371. The summed E-state index contributed by atoms with van der Waals surface area (Å²) in [6, 6.07) is 0. The van der Waals surface area contributed by atoms with Crippen LogP contribution in [0.15, 0.2) is 4.99 Å². The molecular weight excluding hydrogens is 274 g/mol. The van der Waals surface area contributed by atoms with Gasteiger partial charge in [0.05, 0.1) is 6.61 Å². The Kier molecular flexibility index (Phi) is 5.61. The van der Waals surface area contributed by atoms with Crippen LogP contribution in [0, 0.1) is 11.3 Å². The molecule has 1 unspecified atom stereocenters. The van der Waals surface area contributed by atoms with Crippen molar-refractivity contribution in [1.82, 2.24) is 10.2 Å². The fourth-order valence-electron chi connectivity index (χ4n) is 4.38. The summed E-state index contributed by atoms with van der Waals surface area (Å²) in [5, 5.41) is 3.49. The van der Waals surface area contributed by atoms with Gasteiger partial charge in [0.25, 0.3) is 0 Å². The molecule has 2 aliphatic heterocycles. The van der Waals surface area contributed by atoms with E-state index in [1.807, 2.05) is 0 Å². The van der Waals surface area contributed by atoms with Crippen LogP contribution in [0.3, 0.4) is 0 Å². The van der Waals surface area contributed by atoms with Crippen molar-refractivity contribution < 1.29 is 4.74 Å². The van der Waals surface area contributed by atoms with E-state index in [-0.39, 0.29) is 0 Å². The molecule has 0 amide bonds. The van der Waals surface area contributed by atoms with Gasteiger partial charge in [0.15, 0.2) is 5.96 Å². The van der Waals surface area contributed by atoms with Gasteiger partial charge < -0.3 is 15.0 Å². The number of rotatable bonds is 5. The molecule has 3 aliphatic rings. The fourth-order valence-corrected chi connectivity index (χ4v) is 4.38. The molecule has 1 aliphatic carbocycles. The molecular formula is C18H33N3O. The summed E-state index contributed by atoms with van der Waals surface area (Å²) in [4.78, 5) is 7.37. The predicted octanol–water partition coefficient (Wildman–Crippen LogP) is 3.03. The van der Waals surface area contributed by atoms with E-state index in [0.29, 0.717) is 5.41 Å². The summed E-state index contributed by atoms with van der Waals surface area (Å²) in [5.74, 6) is 2.13. The lowest BCUT2D eigenvalue weighted by Crippen LogP contribution is -2.41. The van der Waals surface area contributed by atoms with E-state index in [9.17, 15) is 0 Å². The number of aliphatic imine (C=N–C) groups is 1. The summed E-state index contributed by atoms with van der Waals surface area (Å²) in [6.45, 7) is 8.27. The minimum absolute atomic E-state index is 0.417. The highest BCUT2D eigenvalue weighted by Gasteiger charge is 2.42. The van der Waals surface area contributed by atoms with Crippen molar-refractivity contribution >= 4 is 5.96 Å². The summed E-state index contributed by atoms with van der Waals surface area (Å²) < 4.78 is 5.64. The average molecular weight is 307 g/mol. The monoisotopic (exact) mass is 307 g/mol. The average Bonchev–Trinajstić information content (AvgIpc) is 3.26. The molecule has 1 atom stereocenters. The van der Waals surface area contributed by atoms with E-state index < -0.39 is 0 Å². The van der Waals surface area contributed by atoms with Gasteiger partial charge >= 0.3 is 0 Å². The second kappa shape index (κ2) is 7.67. The molecule has 0 aromatic heterocycles.